The molecule has 2 rings (SSSR count). The van der Waals surface area contributed by atoms with E-state index in [0.717, 1.165) is 44.2 Å². The molecule has 1 N–H and O–H groups in total. The summed E-state index contributed by atoms with van der Waals surface area (Å²) < 4.78 is 5.82. The second-order valence-electron chi connectivity index (χ2n) is 6.08. The number of nitrogens with zero attached hydrogens (tertiary/aromatic N) is 3. The maximum absolute atomic E-state index is 5.82. The Labute approximate surface area is 115 Å². The highest BCUT2D eigenvalue weighted by atomic mass is 16.5. The van der Waals surface area contributed by atoms with E-state index >= 15 is 0 Å². The number of hydrogen-bond donors (Lipinski definition) is 1. The molecular formula is C14H26N4O. The number of nitrogens with one attached hydrogen (secondary N) is 1. The molecule has 0 aromatic carbocycles. The molecule has 19 heavy (non-hydrogen) atoms. The summed E-state index contributed by atoms with van der Waals surface area (Å²) in [5.41, 5.74) is 0. The summed E-state index contributed by atoms with van der Waals surface area (Å²) in [7, 11) is 0. The van der Waals surface area contributed by atoms with Gasteiger partial charge in [-0.1, -0.05) is 13.8 Å². The van der Waals surface area contributed by atoms with Crippen LogP contribution in [0.4, 0.5) is 0 Å². The van der Waals surface area contributed by atoms with Crippen LogP contribution in [0.2, 0.25) is 0 Å². The number of ether oxygens (including phenoxy) is 1. The lowest BCUT2D eigenvalue weighted by molar-refractivity contribution is -0.0385. The lowest BCUT2D eigenvalue weighted by Gasteiger charge is -2.35. The van der Waals surface area contributed by atoms with E-state index in [9.17, 15) is 0 Å². The first-order valence-electron chi connectivity index (χ1n) is 7.30. The van der Waals surface area contributed by atoms with Crippen LogP contribution in [0.25, 0.3) is 0 Å². The van der Waals surface area contributed by atoms with Gasteiger partial charge in [0, 0.05) is 32.0 Å². The van der Waals surface area contributed by atoms with Crippen LogP contribution >= 0.6 is 0 Å². The number of aromatic nitrogens is 3. The van der Waals surface area contributed by atoms with Gasteiger partial charge >= 0.3 is 0 Å². The molecule has 0 amide bonds. The predicted octanol–water partition coefficient (Wildman–Crippen LogP) is 1.65. The van der Waals surface area contributed by atoms with Crippen LogP contribution < -0.4 is 0 Å². The summed E-state index contributed by atoms with van der Waals surface area (Å²) in [6.45, 7) is 11.7. The Morgan fingerprint density at radius 2 is 2.16 bits per heavy atom. The number of H-pyrrole nitrogens is 1. The van der Waals surface area contributed by atoms with Gasteiger partial charge in [-0.25, -0.2) is 4.98 Å². The van der Waals surface area contributed by atoms with Crippen LogP contribution in [0.1, 0.15) is 39.3 Å². The van der Waals surface area contributed by atoms with E-state index in [2.05, 4.69) is 47.8 Å². The molecule has 1 aliphatic rings. The third-order valence-electron chi connectivity index (χ3n) is 3.49. The maximum atomic E-state index is 5.82. The van der Waals surface area contributed by atoms with Crippen molar-refractivity contribution in [3.05, 3.63) is 11.6 Å². The molecule has 0 saturated carbocycles. The summed E-state index contributed by atoms with van der Waals surface area (Å²) >= 11 is 0. The molecule has 1 atom stereocenters. The molecule has 5 heteroatoms. The second kappa shape index (κ2) is 6.48. The summed E-state index contributed by atoms with van der Waals surface area (Å²) in [5, 5.41) is 7.33. The second-order valence-corrected chi connectivity index (χ2v) is 6.08. The molecule has 0 spiro atoms. The molecular weight excluding hydrogens is 240 g/mol. The fourth-order valence-corrected chi connectivity index (χ4v) is 2.44. The molecule has 1 saturated heterocycles. The van der Waals surface area contributed by atoms with Crippen molar-refractivity contribution in [3.63, 3.8) is 0 Å². The van der Waals surface area contributed by atoms with Crippen molar-refractivity contribution >= 4 is 0 Å². The van der Waals surface area contributed by atoms with E-state index < -0.39 is 0 Å². The molecule has 0 bridgehead atoms. The Balaban J connectivity index is 1.88. The zero-order valence-corrected chi connectivity index (χ0v) is 12.5. The Bertz CT molecular complexity index is 389. The van der Waals surface area contributed by atoms with Crippen LogP contribution in [0.5, 0.6) is 0 Å². The fraction of sp³-hybridized carbons (Fsp3) is 0.857. The summed E-state index contributed by atoms with van der Waals surface area (Å²) in [6, 6.07) is 0.579. The van der Waals surface area contributed by atoms with E-state index in [1.54, 1.807) is 0 Å². The van der Waals surface area contributed by atoms with E-state index in [1.165, 1.54) is 0 Å². The summed E-state index contributed by atoms with van der Waals surface area (Å²) in [6.07, 6.45) is 1.98. The van der Waals surface area contributed by atoms with Gasteiger partial charge in [-0.3, -0.25) is 10.00 Å². The number of hydrogen-bond acceptors (Lipinski definition) is 4. The summed E-state index contributed by atoms with van der Waals surface area (Å²) in [4.78, 5) is 7.00. The molecule has 0 aliphatic carbocycles. The maximum Gasteiger partial charge on any atom is 0.153 e. The van der Waals surface area contributed by atoms with Crippen LogP contribution in [0.15, 0.2) is 0 Å². The molecule has 0 radical (unpaired) electrons. The molecule has 1 aromatic heterocycles. The van der Waals surface area contributed by atoms with Gasteiger partial charge in [-0.15, -0.1) is 0 Å². The van der Waals surface area contributed by atoms with Gasteiger partial charge in [0.25, 0.3) is 0 Å². The van der Waals surface area contributed by atoms with Crippen LogP contribution in [0, 0.1) is 5.92 Å². The number of morpholine rings is 1. The van der Waals surface area contributed by atoms with Gasteiger partial charge in [-0.05, 0) is 19.8 Å². The van der Waals surface area contributed by atoms with Crippen molar-refractivity contribution in [2.45, 2.75) is 52.7 Å². The highest BCUT2D eigenvalue weighted by molar-refractivity contribution is 4.94. The minimum atomic E-state index is 0.221. The lowest BCUT2D eigenvalue weighted by Crippen LogP contribution is -2.46. The van der Waals surface area contributed by atoms with Gasteiger partial charge in [0.2, 0.25) is 0 Å². The normalized spacial score (nSPS) is 21.5. The molecule has 5 nitrogen and oxygen atoms in total. The fourth-order valence-electron chi connectivity index (χ4n) is 2.44. The Kier molecular flexibility index (Phi) is 4.93. The van der Waals surface area contributed by atoms with E-state index in [4.69, 9.17) is 4.74 Å². The first-order valence-corrected chi connectivity index (χ1v) is 7.30. The highest BCUT2D eigenvalue weighted by Crippen LogP contribution is 2.12. The number of rotatable bonds is 5. The lowest BCUT2D eigenvalue weighted by atomic mass is 10.1. The quantitative estimate of drug-likeness (QED) is 0.880. The smallest absolute Gasteiger partial charge is 0.153 e. The van der Waals surface area contributed by atoms with Crippen LogP contribution in [0.3, 0.4) is 0 Å². The van der Waals surface area contributed by atoms with Crippen molar-refractivity contribution in [2.24, 2.45) is 5.92 Å². The van der Waals surface area contributed by atoms with Crippen molar-refractivity contribution in [2.75, 3.05) is 19.7 Å². The Hall–Kier alpha value is -0.940. The van der Waals surface area contributed by atoms with E-state index in [1.807, 2.05) is 0 Å². The summed E-state index contributed by atoms with van der Waals surface area (Å²) in [5.74, 6) is 2.47. The predicted molar refractivity (Wildman–Crippen MR) is 75.1 cm³/mol. The first-order chi connectivity index (χ1) is 9.04. The van der Waals surface area contributed by atoms with Gasteiger partial charge in [0.1, 0.15) is 5.82 Å². The topological polar surface area (TPSA) is 54.0 Å². The van der Waals surface area contributed by atoms with Gasteiger partial charge in [0.15, 0.2) is 5.82 Å². The van der Waals surface area contributed by atoms with Crippen molar-refractivity contribution in [3.8, 4) is 0 Å². The van der Waals surface area contributed by atoms with Crippen molar-refractivity contribution in [1.29, 1.82) is 0 Å². The Morgan fingerprint density at radius 1 is 1.37 bits per heavy atom. The molecule has 1 aliphatic heterocycles. The third-order valence-corrected chi connectivity index (χ3v) is 3.49. The molecule has 1 unspecified atom stereocenters. The highest BCUT2D eigenvalue weighted by Gasteiger charge is 2.23. The first kappa shape index (κ1) is 14.5. The standard InChI is InChI=1S/C14H26N4O/c1-10(2)7-13-15-14(17-16-13)8-12-9-18(11(3)4)5-6-19-12/h10-12H,5-9H2,1-4H3,(H,15,16,17). The Morgan fingerprint density at radius 3 is 2.84 bits per heavy atom. The van der Waals surface area contributed by atoms with Gasteiger partial charge in [-0.2, -0.15) is 5.10 Å². The van der Waals surface area contributed by atoms with Crippen molar-refractivity contribution < 1.29 is 4.74 Å². The largest absolute Gasteiger partial charge is 0.375 e. The average Bonchev–Trinajstić information content (AvgIpc) is 2.76. The average molecular weight is 266 g/mol. The van der Waals surface area contributed by atoms with Gasteiger partial charge < -0.3 is 4.74 Å². The number of aromatic amines is 1. The van der Waals surface area contributed by atoms with Gasteiger partial charge in [0.05, 0.1) is 12.7 Å². The van der Waals surface area contributed by atoms with E-state index in [0.29, 0.717) is 12.0 Å². The zero-order valence-electron chi connectivity index (χ0n) is 12.5. The van der Waals surface area contributed by atoms with Crippen LogP contribution in [-0.4, -0.2) is 51.9 Å². The van der Waals surface area contributed by atoms with Crippen LogP contribution in [-0.2, 0) is 17.6 Å². The van der Waals surface area contributed by atoms with Crippen molar-refractivity contribution in [1.82, 2.24) is 20.1 Å². The minimum Gasteiger partial charge on any atom is -0.375 e. The van der Waals surface area contributed by atoms with E-state index in [-0.39, 0.29) is 6.10 Å². The third kappa shape index (κ3) is 4.28. The molecule has 1 aromatic rings. The molecule has 1 fully saturated rings. The molecule has 2 heterocycles. The SMILES string of the molecule is CC(C)Cc1nc(CC2CN(C(C)C)CCO2)n[nH]1. The zero-order chi connectivity index (χ0) is 13.8. The minimum absolute atomic E-state index is 0.221. The monoisotopic (exact) mass is 266 g/mol. The molecule has 108 valence electrons.